The van der Waals surface area contributed by atoms with Crippen molar-refractivity contribution in [2.24, 2.45) is 0 Å². The number of aryl methyl sites for hydroxylation is 1. The van der Waals surface area contributed by atoms with Gasteiger partial charge in [-0.2, -0.15) is 0 Å². The predicted octanol–water partition coefficient (Wildman–Crippen LogP) is 3.36. The van der Waals surface area contributed by atoms with Crippen molar-refractivity contribution in [1.82, 2.24) is 14.8 Å². The van der Waals surface area contributed by atoms with E-state index in [2.05, 4.69) is 9.88 Å². The Kier molecular flexibility index (Phi) is 6.34. The second kappa shape index (κ2) is 9.60. The first-order valence-corrected chi connectivity index (χ1v) is 11.8. The zero-order valence-electron chi connectivity index (χ0n) is 20.1. The number of phenols is 1. The number of furan rings is 1. The number of rotatable bonds is 5. The molecule has 1 aliphatic rings. The quantitative estimate of drug-likeness (QED) is 0.324. The van der Waals surface area contributed by atoms with Gasteiger partial charge in [-0.05, 0) is 24.6 Å². The molecule has 1 aliphatic heterocycles. The molecule has 0 saturated carbocycles. The summed E-state index contributed by atoms with van der Waals surface area (Å²) in [5.74, 6) is -0.354. The monoisotopic (exact) mass is 489 g/mol. The molecule has 2 N–H and O–H groups in total. The number of esters is 1. The molecule has 0 bridgehead atoms. The molecule has 5 rings (SSSR count). The number of nitrogens with zero attached hydrogens (tertiary/aromatic N) is 3. The SMILES string of the molecule is CC(=O)N1CCN(C(c2ccncc2)c2c(O)c3ccccc3c3oc(C)c(C(=O)OCO)c23)CC1. The van der Waals surface area contributed by atoms with E-state index in [4.69, 9.17) is 9.15 Å². The van der Waals surface area contributed by atoms with Gasteiger partial charge in [-0.25, -0.2) is 4.79 Å². The predicted molar refractivity (Wildman–Crippen MR) is 133 cm³/mol. The molecule has 9 nitrogen and oxygen atoms in total. The van der Waals surface area contributed by atoms with Crippen LogP contribution in [0.4, 0.5) is 0 Å². The van der Waals surface area contributed by atoms with Crippen LogP contribution in [-0.2, 0) is 9.53 Å². The van der Waals surface area contributed by atoms with E-state index in [9.17, 15) is 19.8 Å². The lowest BCUT2D eigenvalue weighted by Gasteiger charge is -2.40. The average Bonchev–Trinajstić information content (AvgIpc) is 3.24. The smallest absolute Gasteiger partial charge is 0.344 e. The summed E-state index contributed by atoms with van der Waals surface area (Å²) in [6, 6.07) is 10.6. The summed E-state index contributed by atoms with van der Waals surface area (Å²) in [5, 5.41) is 22.7. The van der Waals surface area contributed by atoms with Crippen LogP contribution in [0.2, 0.25) is 0 Å². The molecular formula is C27H27N3O6. The third-order valence-corrected chi connectivity index (χ3v) is 6.86. The molecule has 4 aromatic rings. The summed E-state index contributed by atoms with van der Waals surface area (Å²) in [7, 11) is 0. The van der Waals surface area contributed by atoms with E-state index in [1.54, 1.807) is 31.1 Å². The van der Waals surface area contributed by atoms with Gasteiger partial charge < -0.3 is 24.3 Å². The van der Waals surface area contributed by atoms with E-state index < -0.39 is 18.8 Å². The third-order valence-electron chi connectivity index (χ3n) is 6.86. The Balaban J connectivity index is 1.81. The first-order chi connectivity index (χ1) is 17.4. The molecule has 3 heterocycles. The Morgan fingerprint density at radius 3 is 2.39 bits per heavy atom. The van der Waals surface area contributed by atoms with Crippen LogP contribution in [0.5, 0.6) is 5.75 Å². The van der Waals surface area contributed by atoms with Crippen molar-refractivity contribution in [1.29, 1.82) is 0 Å². The second-order valence-electron chi connectivity index (χ2n) is 8.83. The maximum Gasteiger partial charge on any atom is 0.344 e. The Bertz CT molecular complexity index is 1440. The summed E-state index contributed by atoms with van der Waals surface area (Å²) in [6.07, 6.45) is 3.37. The Morgan fingerprint density at radius 1 is 1.08 bits per heavy atom. The molecule has 0 spiro atoms. The molecule has 1 fully saturated rings. The summed E-state index contributed by atoms with van der Waals surface area (Å²) in [4.78, 5) is 33.1. The number of aromatic nitrogens is 1. The number of carbonyl (C=O) groups excluding carboxylic acids is 2. The van der Waals surface area contributed by atoms with Gasteiger partial charge in [-0.3, -0.25) is 14.7 Å². The van der Waals surface area contributed by atoms with Gasteiger partial charge in [0.25, 0.3) is 0 Å². The van der Waals surface area contributed by atoms with Crippen LogP contribution >= 0.6 is 0 Å². The number of benzene rings is 2. The highest BCUT2D eigenvalue weighted by Crippen LogP contribution is 2.47. The van der Waals surface area contributed by atoms with Crippen molar-refractivity contribution in [2.75, 3.05) is 33.0 Å². The zero-order valence-corrected chi connectivity index (χ0v) is 20.1. The van der Waals surface area contributed by atoms with Crippen molar-refractivity contribution in [3.05, 3.63) is 71.2 Å². The van der Waals surface area contributed by atoms with E-state index in [1.807, 2.05) is 36.4 Å². The molecule has 0 radical (unpaired) electrons. The standard InChI is InChI=1S/C27H27N3O6/c1-16-21(27(34)35-15-31)22-23(25(33)19-5-3-4-6-20(19)26(22)36-16)24(18-7-9-28-10-8-18)30-13-11-29(12-14-30)17(2)32/h3-10,24,31,33H,11-15H2,1-2H3. The maximum atomic E-state index is 13.0. The van der Waals surface area contributed by atoms with E-state index in [0.717, 1.165) is 5.56 Å². The Labute approximate surface area is 207 Å². The first kappa shape index (κ1) is 23.8. The number of ether oxygens (including phenoxy) is 1. The molecule has 9 heteroatoms. The highest BCUT2D eigenvalue weighted by molar-refractivity contribution is 6.16. The van der Waals surface area contributed by atoms with Gasteiger partial charge >= 0.3 is 5.97 Å². The fraction of sp³-hybridized carbons (Fsp3) is 0.296. The highest BCUT2D eigenvalue weighted by atomic mass is 16.6. The summed E-state index contributed by atoms with van der Waals surface area (Å²) in [5.41, 5.74) is 2.00. The molecule has 2 aromatic heterocycles. The van der Waals surface area contributed by atoms with E-state index in [0.29, 0.717) is 59.2 Å². The van der Waals surface area contributed by atoms with Crippen molar-refractivity contribution in [2.45, 2.75) is 19.9 Å². The average molecular weight is 490 g/mol. The van der Waals surface area contributed by atoms with Gasteiger partial charge in [-0.15, -0.1) is 0 Å². The minimum Gasteiger partial charge on any atom is -0.507 e. The number of aliphatic hydroxyl groups excluding tert-OH is 1. The fourth-order valence-electron chi connectivity index (χ4n) is 5.19. The number of phenolic OH excluding ortho intramolecular Hbond substituents is 1. The number of aliphatic hydroxyl groups is 1. The van der Waals surface area contributed by atoms with Gasteiger partial charge in [0.1, 0.15) is 22.7 Å². The Hall–Kier alpha value is -3.95. The van der Waals surface area contributed by atoms with Crippen molar-refractivity contribution < 1.29 is 29.0 Å². The molecule has 1 saturated heterocycles. The fourth-order valence-corrected chi connectivity index (χ4v) is 5.19. The Morgan fingerprint density at radius 2 is 1.75 bits per heavy atom. The third kappa shape index (κ3) is 3.96. The van der Waals surface area contributed by atoms with Crippen molar-refractivity contribution in [3.63, 3.8) is 0 Å². The lowest BCUT2D eigenvalue weighted by Crippen LogP contribution is -2.49. The van der Waals surface area contributed by atoms with Crippen LogP contribution in [-0.4, -0.2) is 69.8 Å². The van der Waals surface area contributed by atoms with Gasteiger partial charge in [-0.1, -0.05) is 24.3 Å². The van der Waals surface area contributed by atoms with Crippen LogP contribution in [0, 0.1) is 6.92 Å². The number of amides is 1. The molecular weight excluding hydrogens is 462 g/mol. The summed E-state index contributed by atoms with van der Waals surface area (Å²) < 4.78 is 11.1. The number of carbonyl (C=O) groups is 2. The van der Waals surface area contributed by atoms with Gasteiger partial charge in [0.05, 0.1) is 6.04 Å². The molecule has 186 valence electrons. The van der Waals surface area contributed by atoms with E-state index >= 15 is 0 Å². The van der Waals surface area contributed by atoms with E-state index in [1.165, 1.54) is 0 Å². The molecule has 0 aliphatic carbocycles. The minimum absolute atomic E-state index is 0.0190. The number of fused-ring (bicyclic) bond motifs is 3. The number of piperazine rings is 1. The van der Waals surface area contributed by atoms with E-state index in [-0.39, 0.29) is 17.2 Å². The minimum atomic E-state index is -0.777. The zero-order chi connectivity index (χ0) is 25.4. The normalized spacial score (nSPS) is 15.4. The number of hydrogen-bond donors (Lipinski definition) is 2. The molecule has 1 amide bonds. The van der Waals surface area contributed by atoms with Gasteiger partial charge in [0.2, 0.25) is 5.91 Å². The number of aromatic hydroxyl groups is 1. The summed E-state index contributed by atoms with van der Waals surface area (Å²) in [6.45, 7) is 4.65. The first-order valence-electron chi connectivity index (χ1n) is 11.8. The highest BCUT2D eigenvalue weighted by Gasteiger charge is 2.35. The number of hydrogen-bond acceptors (Lipinski definition) is 8. The van der Waals surface area contributed by atoms with Crippen LogP contribution in [0.3, 0.4) is 0 Å². The number of pyridine rings is 1. The van der Waals surface area contributed by atoms with Gasteiger partial charge in [0.15, 0.2) is 6.79 Å². The molecule has 36 heavy (non-hydrogen) atoms. The van der Waals surface area contributed by atoms with Crippen LogP contribution in [0.15, 0.2) is 53.2 Å². The largest absolute Gasteiger partial charge is 0.507 e. The van der Waals surface area contributed by atoms with Crippen molar-refractivity contribution in [3.8, 4) is 5.75 Å². The van der Waals surface area contributed by atoms with Crippen LogP contribution in [0.1, 0.15) is 40.2 Å². The summed E-state index contributed by atoms with van der Waals surface area (Å²) >= 11 is 0. The maximum absolute atomic E-state index is 13.0. The van der Waals surface area contributed by atoms with Crippen molar-refractivity contribution >= 4 is 33.6 Å². The van der Waals surface area contributed by atoms with Crippen LogP contribution < -0.4 is 0 Å². The molecule has 1 unspecified atom stereocenters. The lowest BCUT2D eigenvalue weighted by atomic mass is 9.89. The van der Waals surface area contributed by atoms with Gasteiger partial charge in [0, 0.05) is 67.2 Å². The lowest BCUT2D eigenvalue weighted by molar-refractivity contribution is -0.130. The topological polar surface area (TPSA) is 116 Å². The molecule has 1 atom stereocenters. The van der Waals surface area contributed by atoms with Crippen LogP contribution in [0.25, 0.3) is 21.7 Å². The molecule has 2 aromatic carbocycles. The second-order valence-corrected chi connectivity index (χ2v) is 8.83.